The van der Waals surface area contributed by atoms with Gasteiger partial charge in [0, 0.05) is 13.6 Å². The van der Waals surface area contributed by atoms with Gasteiger partial charge in [0.2, 0.25) is 0 Å². The highest BCUT2D eigenvalue weighted by Crippen LogP contribution is 2.15. The normalized spacial score (nSPS) is 11.2. The monoisotopic (exact) mass is 221 g/mol. The molecule has 4 heteroatoms. The summed E-state index contributed by atoms with van der Waals surface area (Å²) < 4.78 is 5.63. The second kappa shape index (κ2) is 6.71. The molecule has 1 aromatic carbocycles. The van der Waals surface area contributed by atoms with Gasteiger partial charge >= 0.3 is 0 Å². The van der Waals surface area contributed by atoms with Crippen LogP contribution in [-0.4, -0.2) is 26.2 Å². The summed E-state index contributed by atoms with van der Waals surface area (Å²) in [4.78, 5) is 3.80. The van der Waals surface area contributed by atoms with Gasteiger partial charge in [-0.3, -0.25) is 4.99 Å². The van der Waals surface area contributed by atoms with Crippen LogP contribution in [0.15, 0.2) is 29.3 Å². The molecule has 0 aliphatic carbocycles. The van der Waals surface area contributed by atoms with Crippen molar-refractivity contribution in [1.82, 2.24) is 5.32 Å². The molecule has 0 aliphatic rings. The third kappa shape index (κ3) is 4.21. The zero-order chi connectivity index (χ0) is 11.8. The van der Waals surface area contributed by atoms with E-state index in [1.165, 1.54) is 0 Å². The van der Waals surface area contributed by atoms with Crippen LogP contribution in [0.25, 0.3) is 0 Å². The quantitative estimate of drug-likeness (QED) is 0.447. The maximum absolute atomic E-state index is 5.63. The Balaban J connectivity index is 2.19. The van der Waals surface area contributed by atoms with Crippen LogP contribution in [0.1, 0.15) is 12.0 Å². The van der Waals surface area contributed by atoms with Gasteiger partial charge < -0.3 is 15.8 Å². The Labute approximate surface area is 96.5 Å². The highest BCUT2D eigenvalue weighted by Gasteiger charge is 1.97. The summed E-state index contributed by atoms with van der Waals surface area (Å²) in [5.74, 6) is 1.41. The number of aliphatic imine (C=N–C) groups is 1. The summed E-state index contributed by atoms with van der Waals surface area (Å²) in [6.07, 6.45) is 0.893. The smallest absolute Gasteiger partial charge is 0.188 e. The fraction of sp³-hybridized carbons (Fsp3) is 0.417. The van der Waals surface area contributed by atoms with Gasteiger partial charge in [-0.25, -0.2) is 0 Å². The van der Waals surface area contributed by atoms with Crippen LogP contribution >= 0.6 is 0 Å². The van der Waals surface area contributed by atoms with Crippen molar-refractivity contribution in [2.75, 3.05) is 20.2 Å². The molecular weight excluding hydrogens is 202 g/mol. The average molecular weight is 221 g/mol. The summed E-state index contributed by atoms with van der Waals surface area (Å²) in [5, 5.41) is 2.98. The van der Waals surface area contributed by atoms with Gasteiger partial charge in [0.25, 0.3) is 0 Å². The second-order valence-corrected chi connectivity index (χ2v) is 3.50. The van der Waals surface area contributed by atoms with Crippen molar-refractivity contribution in [2.45, 2.75) is 13.3 Å². The minimum Gasteiger partial charge on any atom is -0.493 e. The van der Waals surface area contributed by atoms with Gasteiger partial charge in [0.15, 0.2) is 5.96 Å². The molecule has 16 heavy (non-hydrogen) atoms. The summed E-state index contributed by atoms with van der Waals surface area (Å²) in [6, 6.07) is 7.99. The van der Waals surface area contributed by atoms with E-state index in [0.29, 0.717) is 12.6 Å². The van der Waals surface area contributed by atoms with Crippen LogP contribution in [-0.2, 0) is 0 Å². The Morgan fingerprint density at radius 3 is 2.88 bits per heavy atom. The molecule has 0 aromatic heterocycles. The maximum atomic E-state index is 5.63. The third-order valence-corrected chi connectivity index (χ3v) is 2.22. The number of aryl methyl sites for hydroxylation is 1. The van der Waals surface area contributed by atoms with Crippen LogP contribution in [0.3, 0.4) is 0 Å². The minimum atomic E-state index is 0.468. The fourth-order valence-electron chi connectivity index (χ4n) is 1.27. The predicted molar refractivity (Wildman–Crippen MR) is 66.8 cm³/mol. The molecule has 0 radical (unpaired) electrons. The molecular formula is C12H19N3O. The van der Waals surface area contributed by atoms with Crippen molar-refractivity contribution in [3.05, 3.63) is 29.8 Å². The summed E-state index contributed by atoms with van der Waals surface area (Å²) >= 11 is 0. The molecule has 0 saturated carbocycles. The molecule has 0 bridgehead atoms. The van der Waals surface area contributed by atoms with Gasteiger partial charge in [-0.15, -0.1) is 0 Å². The SMILES string of the molecule is CN=C(N)NCCCOc1ccccc1C. The molecule has 88 valence electrons. The van der Waals surface area contributed by atoms with E-state index in [0.717, 1.165) is 24.3 Å². The van der Waals surface area contributed by atoms with Gasteiger partial charge in [-0.05, 0) is 25.0 Å². The van der Waals surface area contributed by atoms with E-state index in [2.05, 4.69) is 10.3 Å². The average Bonchev–Trinajstić information content (AvgIpc) is 2.30. The zero-order valence-electron chi connectivity index (χ0n) is 9.86. The van der Waals surface area contributed by atoms with Gasteiger partial charge in [-0.1, -0.05) is 18.2 Å². The van der Waals surface area contributed by atoms with E-state index in [4.69, 9.17) is 10.5 Å². The number of para-hydroxylation sites is 1. The summed E-state index contributed by atoms with van der Waals surface area (Å²) in [7, 11) is 1.66. The molecule has 0 heterocycles. The maximum Gasteiger partial charge on any atom is 0.188 e. The first-order valence-electron chi connectivity index (χ1n) is 5.38. The van der Waals surface area contributed by atoms with Crippen molar-refractivity contribution in [1.29, 1.82) is 0 Å². The number of nitrogens with zero attached hydrogens (tertiary/aromatic N) is 1. The van der Waals surface area contributed by atoms with Crippen LogP contribution in [0.2, 0.25) is 0 Å². The second-order valence-electron chi connectivity index (χ2n) is 3.50. The molecule has 0 unspecified atom stereocenters. The van der Waals surface area contributed by atoms with E-state index in [9.17, 15) is 0 Å². The molecule has 0 fully saturated rings. The summed E-state index contributed by atoms with van der Waals surface area (Å²) in [6.45, 7) is 3.49. The number of rotatable bonds is 5. The third-order valence-electron chi connectivity index (χ3n) is 2.22. The van der Waals surface area contributed by atoms with Crippen molar-refractivity contribution >= 4 is 5.96 Å². The van der Waals surface area contributed by atoms with Crippen LogP contribution in [0, 0.1) is 6.92 Å². The molecule has 1 rings (SSSR count). The minimum absolute atomic E-state index is 0.468. The first kappa shape index (κ1) is 12.4. The van der Waals surface area contributed by atoms with Crippen LogP contribution in [0.4, 0.5) is 0 Å². The molecule has 4 nitrogen and oxygen atoms in total. The Morgan fingerprint density at radius 1 is 1.44 bits per heavy atom. The molecule has 3 N–H and O–H groups in total. The van der Waals surface area contributed by atoms with Gasteiger partial charge in [0.05, 0.1) is 6.61 Å². The number of benzene rings is 1. The highest BCUT2D eigenvalue weighted by molar-refractivity contribution is 5.77. The fourth-order valence-corrected chi connectivity index (χ4v) is 1.27. The van der Waals surface area contributed by atoms with E-state index in [1.807, 2.05) is 31.2 Å². The Kier molecular flexibility index (Phi) is 5.19. The Morgan fingerprint density at radius 2 is 2.19 bits per heavy atom. The lowest BCUT2D eigenvalue weighted by Gasteiger charge is -2.09. The van der Waals surface area contributed by atoms with Crippen LogP contribution in [0.5, 0.6) is 5.75 Å². The molecule has 1 aromatic rings. The van der Waals surface area contributed by atoms with E-state index >= 15 is 0 Å². The first-order chi connectivity index (χ1) is 7.74. The molecule has 0 amide bonds. The van der Waals surface area contributed by atoms with E-state index < -0.39 is 0 Å². The van der Waals surface area contributed by atoms with Gasteiger partial charge in [-0.2, -0.15) is 0 Å². The molecule has 0 saturated heterocycles. The van der Waals surface area contributed by atoms with Crippen molar-refractivity contribution in [2.24, 2.45) is 10.7 Å². The predicted octanol–water partition coefficient (Wildman–Crippen LogP) is 1.30. The topological polar surface area (TPSA) is 59.6 Å². The number of guanidine groups is 1. The Hall–Kier alpha value is -1.71. The highest BCUT2D eigenvalue weighted by atomic mass is 16.5. The summed E-state index contributed by atoms with van der Waals surface area (Å²) in [5.41, 5.74) is 6.65. The number of nitrogens with one attached hydrogen (secondary N) is 1. The number of hydrogen-bond acceptors (Lipinski definition) is 2. The van der Waals surface area contributed by atoms with Crippen LogP contribution < -0.4 is 15.8 Å². The van der Waals surface area contributed by atoms with Gasteiger partial charge in [0.1, 0.15) is 5.75 Å². The lowest BCUT2D eigenvalue weighted by Crippen LogP contribution is -2.32. The zero-order valence-corrected chi connectivity index (χ0v) is 9.86. The molecule has 0 spiro atoms. The first-order valence-corrected chi connectivity index (χ1v) is 5.38. The number of hydrogen-bond donors (Lipinski definition) is 2. The standard InChI is InChI=1S/C12H19N3O/c1-10-6-3-4-7-11(10)16-9-5-8-15-12(13)14-2/h3-4,6-7H,5,8-9H2,1-2H3,(H3,13,14,15). The molecule has 0 aliphatic heterocycles. The Bertz CT molecular complexity index is 350. The largest absolute Gasteiger partial charge is 0.493 e. The lowest BCUT2D eigenvalue weighted by molar-refractivity contribution is 0.309. The van der Waals surface area contributed by atoms with E-state index in [1.54, 1.807) is 7.05 Å². The van der Waals surface area contributed by atoms with Crippen molar-refractivity contribution < 1.29 is 4.74 Å². The molecule has 0 atom stereocenters. The van der Waals surface area contributed by atoms with Crippen molar-refractivity contribution in [3.8, 4) is 5.75 Å². The lowest BCUT2D eigenvalue weighted by atomic mass is 10.2. The number of nitrogens with two attached hydrogens (primary N) is 1. The van der Waals surface area contributed by atoms with E-state index in [-0.39, 0.29) is 0 Å². The van der Waals surface area contributed by atoms with Crippen molar-refractivity contribution in [3.63, 3.8) is 0 Å². The number of ether oxygens (including phenoxy) is 1.